The Morgan fingerprint density at radius 1 is 1.33 bits per heavy atom. The lowest BCUT2D eigenvalue weighted by molar-refractivity contribution is 0.157. The molecule has 0 saturated carbocycles. The lowest BCUT2D eigenvalue weighted by atomic mass is 9.88. The minimum Gasteiger partial charge on any atom is -0.448 e. The fraction of sp³-hybridized carbons (Fsp3) is 0.500. The van der Waals surface area contributed by atoms with Crippen LogP contribution in [0, 0.1) is 5.92 Å². The second-order valence-electron chi connectivity index (χ2n) is 4.63. The van der Waals surface area contributed by atoms with E-state index in [1.807, 2.05) is 6.07 Å². The van der Waals surface area contributed by atoms with Crippen molar-refractivity contribution in [2.45, 2.75) is 19.8 Å². The Bertz CT molecular complexity index is 352. The molecule has 0 aliphatic rings. The second-order valence-corrected chi connectivity index (χ2v) is 4.63. The first-order valence-electron chi connectivity index (χ1n) is 6.29. The molecule has 1 unspecified atom stereocenters. The van der Waals surface area contributed by atoms with Gasteiger partial charge in [-0.1, -0.05) is 44.2 Å². The van der Waals surface area contributed by atoms with Crippen molar-refractivity contribution in [2.75, 3.05) is 19.7 Å². The molecule has 100 valence electrons. The monoisotopic (exact) mass is 250 g/mol. The van der Waals surface area contributed by atoms with E-state index in [-0.39, 0.29) is 0 Å². The SMILES string of the molecule is CC(C)C(CNCCOC(N)=O)c1ccccc1. The van der Waals surface area contributed by atoms with Crippen molar-refractivity contribution in [3.05, 3.63) is 35.9 Å². The van der Waals surface area contributed by atoms with Gasteiger partial charge in [-0.2, -0.15) is 0 Å². The fourth-order valence-corrected chi connectivity index (χ4v) is 1.92. The predicted octanol–water partition coefficient (Wildman–Crippen LogP) is 2.11. The maximum atomic E-state index is 10.4. The number of benzene rings is 1. The third-order valence-corrected chi connectivity index (χ3v) is 2.92. The number of hydrogen-bond donors (Lipinski definition) is 2. The number of nitrogens with two attached hydrogens (primary N) is 1. The Morgan fingerprint density at radius 2 is 2.00 bits per heavy atom. The molecular formula is C14H22N2O2. The van der Waals surface area contributed by atoms with Crippen LogP contribution in [0.1, 0.15) is 25.3 Å². The Kier molecular flexibility index (Phi) is 6.22. The molecule has 0 radical (unpaired) electrons. The molecule has 0 spiro atoms. The first-order valence-corrected chi connectivity index (χ1v) is 6.29. The van der Waals surface area contributed by atoms with E-state index in [2.05, 4.69) is 48.2 Å². The largest absolute Gasteiger partial charge is 0.448 e. The van der Waals surface area contributed by atoms with Gasteiger partial charge in [0.25, 0.3) is 0 Å². The molecule has 0 bridgehead atoms. The smallest absolute Gasteiger partial charge is 0.404 e. The highest BCUT2D eigenvalue weighted by molar-refractivity contribution is 5.64. The standard InChI is InChI=1S/C14H22N2O2/c1-11(2)13(12-6-4-3-5-7-12)10-16-8-9-18-14(15)17/h3-7,11,13,16H,8-10H2,1-2H3,(H2,15,17). The van der Waals surface area contributed by atoms with Gasteiger partial charge >= 0.3 is 6.09 Å². The van der Waals surface area contributed by atoms with Gasteiger partial charge in [-0.25, -0.2) is 4.79 Å². The van der Waals surface area contributed by atoms with Gasteiger partial charge < -0.3 is 15.8 Å². The molecule has 18 heavy (non-hydrogen) atoms. The van der Waals surface area contributed by atoms with E-state index in [1.165, 1.54) is 5.56 Å². The predicted molar refractivity (Wildman–Crippen MR) is 72.4 cm³/mol. The third kappa shape index (κ3) is 5.19. The van der Waals surface area contributed by atoms with Gasteiger partial charge in [-0.3, -0.25) is 0 Å². The van der Waals surface area contributed by atoms with E-state index in [1.54, 1.807) is 0 Å². The minimum absolute atomic E-state index is 0.314. The average Bonchev–Trinajstić information content (AvgIpc) is 2.34. The van der Waals surface area contributed by atoms with E-state index in [4.69, 9.17) is 5.73 Å². The zero-order valence-corrected chi connectivity index (χ0v) is 11.1. The summed E-state index contributed by atoms with van der Waals surface area (Å²) in [6.07, 6.45) is -0.722. The molecule has 0 fully saturated rings. The summed E-state index contributed by atoms with van der Waals surface area (Å²) < 4.78 is 4.67. The summed E-state index contributed by atoms with van der Waals surface area (Å²) in [6, 6.07) is 10.4. The highest BCUT2D eigenvalue weighted by atomic mass is 16.5. The summed E-state index contributed by atoms with van der Waals surface area (Å²) in [4.78, 5) is 10.4. The van der Waals surface area contributed by atoms with Gasteiger partial charge in [0.15, 0.2) is 0 Å². The topological polar surface area (TPSA) is 64.3 Å². The summed E-state index contributed by atoms with van der Waals surface area (Å²) in [5, 5.41) is 3.29. The quantitative estimate of drug-likeness (QED) is 0.728. The number of primary amides is 1. The van der Waals surface area contributed by atoms with Crippen LogP contribution < -0.4 is 11.1 Å². The number of rotatable bonds is 7. The highest BCUT2D eigenvalue weighted by Crippen LogP contribution is 2.23. The van der Waals surface area contributed by atoms with Crippen molar-refractivity contribution in [2.24, 2.45) is 11.7 Å². The van der Waals surface area contributed by atoms with Crippen molar-refractivity contribution < 1.29 is 9.53 Å². The molecule has 0 aliphatic heterocycles. The molecule has 3 N–H and O–H groups in total. The zero-order chi connectivity index (χ0) is 13.4. The van der Waals surface area contributed by atoms with E-state index in [0.717, 1.165) is 6.54 Å². The van der Waals surface area contributed by atoms with Crippen molar-refractivity contribution >= 4 is 6.09 Å². The molecule has 0 saturated heterocycles. The van der Waals surface area contributed by atoms with Crippen LogP contribution in [0.3, 0.4) is 0 Å². The molecular weight excluding hydrogens is 228 g/mol. The molecule has 0 aliphatic carbocycles. The first-order chi connectivity index (χ1) is 8.61. The van der Waals surface area contributed by atoms with Crippen LogP contribution in [0.4, 0.5) is 4.79 Å². The lowest BCUT2D eigenvalue weighted by Crippen LogP contribution is -2.29. The van der Waals surface area contributed by atoms with E-state index < -0.39 is 6.09 Å². The van der Waals surface area contributed by atoms with Crippen LogP contribution in [-0.2, 0) is 4.74 Å². The minimum atomic E-state index is -0.722. The van der Waals surface area contributed by atoms with Gasteiger partial charge in [0.2, 0.25) is 0 Å². The van der Waals surface area contributed by atoms with Crippen molar-refractivity contribution in [3.63, 3.8) is 0 Å². The third-order valence-electron chi connectivity index (χ3n) is 2.92. The maximum absolute atomic E-state index is 10.4. The van der Waals surface area contributed by atoms with Gasteiger partial charge in [-0.15, -0.1) is 0 Å². The number of nitrogens with one attached hydrogen (secondary N) is 1. The van der Waals surface area contributed by atoms with E-state index in [9.17, 15) is 4.79 Å². The normalized spacial score (nSPS) is 12.4. The Morgan fingerprint density at radius 3 is 2.56 bits per heavy atom. The van der Waals surface area contributed by atoms with Gasteiger partial charge in [-0.05, 0) is 17.4 Å². The van der Waals surface area contributed by atoms with Crippen LogP contribution in [0.15, 0.2) is 30.3 Å². The zero-order valence-electron chi connectivity index (χ0n) is 11.1. The molecule has 1 rings (SSSR count). The van der Waals surface area contributed by atoms with Crippen molar-refractivity contribution in [3.8, 4) is 0 Å². The second kappa shape index (κ2) is 7.71. The van der Waals surface area contributed by atoms with Gasteiger partial charge in [0.05, 0.1) is 0 Å². The van der Waals surface area contributed by atoms with E-state index in [0.29, 0.717) is 25.0 Å². The molecule has 1 atom stereocenters. The molecule has 0 heterocycles. The number of carbonyl (C=O) groups is 1. The molecule has 1 aromatic rings. The lowest BCUT2D eigenvalue weighted by Gasteiger charge is -2.21. The summed E-state index contributed by atoms with van der Waals surface area (Å²) in [6.45, 7) is 6.22. The number of amides is 1. The van der Waals surface area contributed by atoms with Crippen LogP contribution in [0.2, 0.25) is 0 Å². The first kappa shape index (κ1) is 14.5. The summed E-state index contributed by atoms with van der Waals surface area (Å²) >= 11 is 0. The van der Waals surface area contributed by atoms with Crippen LogP contribution in [-0.4, -0.2) is 25.8 Å². The summed E-state index contributed by atoms with van der Waals surface area (Å²) in [5.74, 6) is 1.01. The molecule has 4 heteroatoms. The van der Waals surface area contributed by atoms with Crippen molar-refractivity contribution in [1.29, 1.82) is 0 Å². The van der Waals surface area contributed by atoms with Gasteiger partial charge in [0, 0.05) is 13.1 Å². The highest BCUT2D eigenvalue weighted by Gasteiger charge is 2.14. The van der Waals surface area contributed by atoms with Crippen LogP contribution in [0.25, 0.3) is 0 Å². The number of ether oxygens (including phenoxy) is 1. The fourth-order valence-electron chi connectivity index (χ4n) is 1.92. The summed E-state index contributed by atoms with van der Waals surface area (Å²) in [5.41, 5.74) is 6.21. The van der Waals surface area contributed by atoms with E-state index >= 15 is 0 Å². The maximum Gasteiger partial charge on any atom is 0.404 e. The molecule has 0 aromatic heterocycles. The average molecular weight is 250 g/mol. The van der Waals surface area contributed by atoms with Gasteiger partial charge in [0.1, 0.15) is 6.61 Å². The van der Waals surface area contributed by atoms with Crippen molar-refractivity contribution in [1.82, 2.24) is 5.32 Å². The molecule has 1 amide bonds. The summed E-state index contributed by atoms with van der Waals surface area (Å²) in [7, 11) is 0. The Labute approximate surface area is 109 Å². The number of hydrogen-bond acceptors (Lipinski definition) is 3. The Hall–Kier alpha value is -1.55. The van der Waals surface area contributed by atoms with Crippen LogP contribution >= 0.6 is 0 Å². The number of carbonyl (C=O) groups excluding carboxylic acids is 1. The Balaban J connectivity index is 2.38. The molecule has 1 aromatic carbocycles. The molecule has 4 nitrogen and oxygen atoms in total. The van der Waals surface area contributed by atoms with Crippen LogP contribution in [0.5, 0.6) is 0 Å².